The fraction of sp³-hybridized carbons (Fsp3) is 0.214. The average molecular weight is 520 g/mol. The molecule has 0 aromatic heterocycles. The molecule has 4 amide bonds. The van der Waals surface area contributed by atoms with Gasteiger partial charge in [0.05, 0.1) is 31.4 Å². The minimum atomic E-state index is -1.09. The maximum atomic E-state index is 13.5. The lowest BCUT2D eigenvalue weighted by Crippen LogP contribution is -2.37. The van der Waals surface area contributed by atoms with Crippen LogP contribution in [0.5, 0.6) is 5.75 Å². The highest BCUT2D eigenvalue weighted by Crippen LogP contribution is 2.29. The molecule has 0 saturated carbocycles. The second kappa shape index (κ2) is 11.5. The number of carbonyl (C=O) groups is 4. The zero-order valence-electron chi connectivity index (χ0n) is 20.8. The Bertz CT molecular complexity index is 1330. The van der Waals surface area contributed by atoms with E-state index in [2.05, 4.69) is 5.32 Å². The molecule has 196 valence electrons. The molecule has 0 unspecified atom stereocenters. The van der Waals surface area contributed by atoms with Gasteiger partial charge in [0, 0.05) is 12.2 Å². The van der Waals surface area contributed by atoms with Gasteiger partial charge in [-0.3, -0.25) is 9.59 Å². The summed E-state index contributed by atoms with van der Waals surface area (Å²) in [7, 11) is 1.54. The topological polar surface area (TPSA) is 105 Å². The molecule has 10 heteroatoms. The molecule has 1 aliphatic heterocycles. The molecular weight excluding hydrogens is 493 g/mol. The molecule has 0 radical (unpaired) electrons. The normalized spacial score (nSPS) is 15.0. The van der Waals surface area contributed by atoms with E-state index >= 15 is 0 Å². The van der Waals surface area contributed by atoms with Gasteiger partial charge in [-0.2, -0.15) is 0 Å². The lowest BCUT2D eigenvalue weighted by Gasteiger charge is -2.22. The summed E-state index contributed by atoms with van der Waals surface area (Å²) in [5.74, 6) is -1.44. The molecule has 9 nitrogen and oxygen atoms in total. The number of urea groups is 1. The highest BCUT2D eigenvalue weighted by molar-refractivity contribution is 6.22. The van der Waals surface area contributed by atoms with Gasteiger partial charge in [0.1, 0.15) is 17.6 Å². The Balaban J connectivity index is 1.54. The van der Waals surface area contributed by atoms with E-state index in [1.165, 1.54) is 36.3 Å². The predicted octanol–water partition coefficient (Wildman–Crippen LogP) is 4.38. The van der Waals surface area contributed by atoms with E-state index in [0.717, 1.165) is 22.6 Å². The number of hydrogen-bond donors (Lipinski definition) is 1. The van der Waals surface area contributed by atoms with Crippen molar-refractivity contribution in [2.45, 2.75) is 25.9 Å². The molecular formula is C28H26FN3O6. The maximum Gasteiger partial charge on any atom is 0.338 e. The summed E-state index contributed by atoms with van der Waals surface area (Å²) < 4.78 is 23.6. The number of hydrogen-bond acceptors (Lipinski definition) is 6. The first kappa shape index (κ1) is 26.3. The second-order valence-electron chi connectivity index (χ2n) is 8.47. The van der Waals surface area contributed by atoms with E-state index in [-0.39, 0.29) is 25.3 Å². The van der Waals surface area contributed by atoms with Crippen molar-refractivity contribution < 1.29 is 33.0 Å². The first-order chi connectivity index (χ1) is 18.3. The molecule has 3 aromatic rings. The molecule has 3 aromatic carbocycles. The molecule has 1 saturated heterocycles. The maximum absolute atomic E-state index is 13.5. The van der Waals surface area contributed by atoms with Crippen molar-refractivity contribution in [2.75, 3.05) is 23.9 Å². The largest absolute Gasteiger partial charge is 0.497 e. The van der Waals surface area contributed by atoms with Crippen molar-refractivity contribution in [1.82, 2.24) is 4.90 Å². The first-order valence-corrected chi connectivity index (χ1v) is 11.9. The Labute approximate surface area is 218 Å². The van der Waals surface area contributed by atoms with Crippen LogP contribution in [0.1, 0.15) is 29.3 Å². The van der Waals surface area contributed by atoms with E-state index in [0.29, 0.717) is 17.0 Å². The Morgan fingerprint density at radius 3 is 2.21 bits per heavy atom. The van der Waals surface area contributed by atoms with Gasteiger partial charge >= 0.3 is 12.0 Å². The SMILES string of the molecule is CCOC(=O)c1ccc(NC(=O)C[C@@H]2C(=O)N(c3ccc(F)cc3)C(=O)N2Cc2ccc(OC)cc2)cc1. The van der Waals surface area contributed by atoms with Crippen LogP contribution in [0.3, 0.4) is 0 Å². The molecule has 0 spiro atoms. The fourth-order valence-electron chi connectivity index (χ4n) is 4.06. The van der Waals surface area contributed by atoms with Gasteiger partial charge in [-0.15, -0.1) is 0 Å². The number of nitrogens with one attached hydrogen (secondary N) is 1. The summed E-state index contributed by atoms with van der Waals surface area (Å²) >= 11 is 0. The summed E-state index contributed by atoms with van der Waals surface area (Å²) in [5, 5.41) is 2.70. The predicted molar refractivity (Wildman–Crippen MR) is 137 cm³/mol. The van der Waals surface area contributed by atoms with Crippen LogP contribution in [0.2, 0.25) is 0 Å². The molecule has 1 aliphatic rings. The van der Waals surface area contributed by atoms with Gasteiger partial charge in [-0.25, -0.2) is 18.9 Å². The van der Waals surface area contributed by atoms with E-state index in [1.807, 2.05) is 0 Å². The smallest absolute Gasteiger partial charge is 0.338 e. The lowest BCUT2D eigenvalue weighted by atomic mass is 10.1. The zero-order valence-corrected chi connectivity index (χ0v) is 20.8. The number of methoxy groups -OCH3 is 1. The summed E-state index contributed by atoms with van der Waals surface area (Å²) in [5.41, 5.74) is 1.69. The molecule has 1 fully saturated rings. The van der Waals surface area contributed by atoms with Crippen LogP contribution in [0, 0.1) is 5.82 Å². The Kier molecular flexibility index (Phi) is 8.00. The Morgan fingerprint density at radius 1 is 0.947 bits per heavy atom. The summed E-state index contributed by atoms with van der Waals surface area (Å²) in [6.07, 6.45) is -0.307. The lowest BCUT2D eigenvalue weighted by molar-refractivity contribution is -0.124. The minimum absolute atomic E-state index is 0.0679. The average Bonchev–Trinajstić information content (AvgIpc) is 3.14. The van der Waals surface area contributed by atoms with Crippen LogP contribution in [-0.2, 0) is 20.9 Å². The van der Waals surface area contributed by atoms with E-state index < -0.39 is 35.7 Å². The quantitative estimate of drug-likeness (QED) is 0.332. The molecule has 38 heavy (non-hydrogen) atoms. The molecule has 4 rings (SSSR count). The van der Waals surface area contributed by atoms with Gasteiger partial charge in [-0.05, 0) is 73.2 Å². The fourth-order valence-corrected chi connectivity index (χ4v) is 4.06. The van der Waals surface area contributed by atoms with Crippen LogP contribution in [-0.4, -0.2) is 48.5 Å². The third-order valence-corrected chi connectivity index (χ3v) is 5.97. The standard InChI is InChI=1S/C28H26FN3O6/c1-3-38-27(35)19-6-10-21(11-7-19)30-25(33)16-24-26(34)32(22-12-8-20(29)9-13-22)28(36)31(24)17-18-4-14-23(37-2)15-5-18/h4-15,24H,3,16-17H2,1-2H3,(H,30,33)/t24-/m1/s1. The number of esters is 1. The van der Waals surface area contributed by atoms with E-state index in [9.17, 15) is 23.6 Å². The highest BCUT2D eigenvalue weighted by Gasteiger charge is 2.46. The number of carbonyl (C=O) groups excluding carboxylic acids is 4. The van der Waals surface area contributed by atoms with E-state index in [4.69, 9.17) is 9.47 Å². The van der Waals surface area contributed by atoms with Gasteiger partial charge in [0.15, 0.2) is 0 Å². The van der Waals surface area contributed by atoms with Crippen LogP contribution < -0.4 is 15.0 Å². The second-order valence-corrected chi connectivity index (χ2v) is 8.47. The number of amides is 4. The third-order valence-electron chi connectivity index (χ3n) is 5.97. The Morgan fingerprint density at radius 2 is 1.61 bits per heavy atom. The third kappa shape index (κ3) is 5.80. The van der Waals surface area contributed by atoms with Crippen molar-refractivity contribution in [3.05, 3.63) is 89.7 Å². The summed E-state index contributed by atoms with van der Waals surface area (Å²) in [4.78, 5) is 53.8. The number of ether oxygens (including phenoxy) is 2. The summed E-state index contributed by atoms with van der Waals surface area (Å²) in [6.45, 7) is 2.02. The number of anilines is 2. The van der Waals surface area contributed by atoms with Gasteiger partial charge in [0.25, 0.3) is 5.91 Å². The van der Waals surface area contributed by atoms with Crippen LogP contribution in [0.25, 0.3) is 0 Å². The van der Waals surface area contributed by atoms with E-state index in [1.54, 1.807) is 43.3 Å². The molecule has 1 heterocycles. The molecule has 0 aliphatic carbocycles. The monoisotopic (exact) mass is 519 g/mol. The Hall–Kier alpha value is -4.73. The highest BCUT2D eigenvalue weighted by atomic mass is 19.1. The van der Waals surface area contributed by atoms with Gasteiger partial charge < -0.3 is 19.7 Å². The number of imide groups is 1. The zero-order chi connectivity index (χ0) is 27.2. The summed E-state index contributed by atoms with van der Waals surface area (Å²) in [6, 6.07) is 16.4. The number of nitrogens with zero attached hydrogens (tertiary/aromatic N) is 2. The van der Waals surface area contributed by atoms with Crippen LogP contribution in [0.4, 0.5) is 20.6 Å². The first-order valence-electron chi connectivity index (χ1n) is 11.9. The molecule has 1 N–H and O–H groups in total. The molecule has 0 bridgehead atoms. The number of halogens is 1. The van der Waals surface area contributed by atoms with Crippen molar-refractivity contribution in [1.29, 1.82) is 0 Å². The number of benzene rings is 3. The van der Waals surface area contributed by atoms with Crippen molar-refractivity contribution >= 4 is 35.2 Å². The minimum Gasteiger partial charge on any atom is -0.497 e. The van der Waals surface area contributed by atoms with Crippen molar-refractivity contribution in [3.63, 3.8) is 0 Å². The van der Waals surface area contributed by atoms with Crippen LogP contribution >= 0.6 is 0 Å². The molecule has 1 atom stereocenters. The van der Waals surface area contributed by atoms with Crippen molar-refractivity contribution in [3.8, 4) is 5.75 Å². The van der Waals surface area contributed by atoms with Gasteiger partial charge in [-0.1, -0.05) is 12.1 Å². The number of rotatable bonds is 9. The van der Waals surface area contributed by atoms with Gasteiger partial charge in [0.2, 0.25) is 5.91 Å². The van der Waals surface area contributed by atoms with Crippen LogP contribution in [0.15, 0.2) is 72.8 Å². The van der Waals surface area contributed by atoms with Crippen molar-refractivity contribution in [2.24, 2.45) is 0 Å².